The van der Waals surface area contributed by atoms with Crippen LogP contribution in [0.15, 0.2) is 83.8 Å². The Kier molecular flexibility index (Phi) is 10.7. The van der Waals surface area contributed by atoms with Gasteiger partial charge >= 0.3 is 0 Å². The molecule has 0 aliphatic heterocycles. The van der Waals surface area contributed by atoms with E-state index >= 15 is 0 Å². The quantitative estimate of drug-likeness (QED) is 0.324. The number of nitrogens with zero attached hydrogens (tertiary/aromatic N) is 2. The van der Waals surface area contributed by atoms with Crippen molar-refractivity contribution < 1.29 is 27.1 Å². The van der Waals surface area contributed by atoms with Crippen LogP contribution in [-0.2, 0) is 26.2 Å². The largest absolute Gasteiger partial charge is 0.497 e. The van der Waals surface area contributed by atoms with E-state index in [-0.39, 0.29) is 29.0 Å². The summed E-state index contributed by atoms with van der Waals surface area (Å²) in [6.07, 6.45) is 0.313. The second-order valence-corrected chi connectivity index (χ2v) is 11.6. The Labute approximate surface area is 235 Å². The molecule has 40 heavy (non-hydrogen) atoms. The van der Waals surface area contributed by atoms with Crippen LogP contribution in [0.1, 0.15) is 32.8 Å². The van der Waals surface area contributed by atoms with Crippen molar-refractivity contribution in [3.8, 4) is 5.75 Å². The molecule has 10 heteroatoms. The maximum Gasteiger partial charge on any atom is 0.264 e. The summed E-state index contributed by atoms with van der Waals surface area (Å²) in [5.41, 5.74) is 0.865. The number of nitrogens with one attached hydrogen (secondary N) is 1. The van der Waals surface area contributed by atoms with Crippen molar-refractivity contribution in [3.63, 3.8) is 0 Å². The van der Waals surface area contributed by atoms with E-state index in [9.17, 15) is 22.4 Å². The van der Waals surface area contributed by atoms with E-state index in [2.05, 4.69) is 5.32 Å². The highest BCUT2D eigenvalue weighted by molar-refractivity contribution is 7.92. The highest BCUT2D eigenvalue weighted by atomic mass is 32.2. The predicted molar refractivity (Wildman–Crippen MR) is 153 cm³/mol. The molecular formula is C30H36FN3O5S. The van der Waals surface area contributed by atoms with Gasteiger partial charge in [-0.05, 0) is 66.4 Å². The van der Waals surface area contributed by atoms with Gasteiger partial charge < -0.3 is 15.0 Å². The van der Waals surface area contributed by atoms with Crippen LogP contribution in [-0.4, -0.2) is 51.4 Å². The second-order valence-electron chi connectivity index (χ2n) is 9.73. The summed E-state index contributed by atoms with van der Waals surface area (Å²) >= 11 is 0. The van der Waals surface area contributed by atoms with Gasteiger partial charge in [0, 0.05) is 13.1 Å². The molecule has 214 valence electrons. The first-order valence-corrected chi connectivity index (χ1v) is 14.5. The van der Waals surface area contributed by atoms with Crippen LogP contribution in [0.25, 0.3) is 0 Å². The first kappa shape index (κ1) is 30.6. The smallest absolute Gasteiger partial charge is 0.264 e. The van der Waals surface area contributed by atoms with Crippen molar-refractivity contribution >= 4 is 27.5 Å². The van der Waals surface area contributed by atoms with Gasteiger partial charge in [-0.3, -0.25) is 13.9 Å². The summed E-state index contributed by atoms with van der Waals surface area (Å²) < 4.78 is 47.4. The Balaban J connectivity index is 2.02. The number of hydrogen-bond acceptors (Lipinski definition) is 5. The zero-order valence-corrected chi connectivity index (χ0v) is 24.0. The Bertz CT molecular complexity index is 1360. The Morgan fingerprint density at radius 2 is 1.57 bits per heavy atom. The van der Waals surface area contributed by atoms with Gasteiger partial charge in [-0.25, -0.2) is 12.8 Å². The van der Waals surface area contributed by atoms with Gasteiger partial charge in [-0.2, -0.15) is 0 Å². The number of benzene rings is 3. The van der Waals surface area contributed by atoms with Crippen molar-refractivity contribution in [1.82, 2.24) is 10.2 Å². The van der Waals surface area contributed by atoms with Crippen molar-refractivity contribution in [2.45, 2.75) is 44.7 Å². The van der Waals surface area contributed by atoms with Crippen molar-refractivity contribution in [1.29, 1.82) is 0 Å². The monoisotopic (exact) mass is 569 g/mol. The first-order valence-electron chi connectivity index (χ1n) is 13.1. The maximum atomic E-state index is 14.0. The molecule has 0 saturated carbocycles. The van der Waals surface area contributed by atoms with Gasteiger partial charge in [0.1, 0.15) is 24.2 Å². The number of anilines is 1. The molecule has 3 aromatic rings. The molecule has 0 radical (unpaired) electrons. The topological polar surface area (TPSA) is 96.0 Å². The number of sulfonamides is 1. The highest BCUT2D eigenvalue weighted by Crippen LogP contribution is 2.25. The highest BCUT2D eigenvalue weighted by Gasteiger charge is 2.33. The minimum atomic E-state index is -4.21. The van der Waals surface area contributed by atoms with E-state index in [4.69, 9.17) is 4.74 Å². The molecule has 3 rings (SSSR count). The third kappa shape index (κ3) is 7.81. The molecular weight excluding hydrogens is 533 g/mol. The molecule has 0 bridgehead atoms. The average molecular weight is 570 g/mol. The van der Waals surface area contributed by atoms with Crippen molar-refractivity contribution in [2.24, 2.45) is 5.92 Å². The average Bonchev–Trinajstić information content (AvgIpc) is 2.95. The fourth-order valence-corrected chi connectivity index (χ4v) is 5.56. The van der Waals surface area contributed by atoms with Gasteiger partial charge in [0.15, 0.2) is 0 Å². The van der Waals surface area contributed by atoms with Gasteiger partial charge in [0.25, 0.3) is 10.0 Å². The van der Waals surface area contributed by atoms with E-state index in [0.717, 1.165) is 22.0 Å². The molecule has 2 amide bonds. The fourth-order valence-electron chi connectivity index (χ4n) is 4.13. The van der Waals surface area contributed by atoms with E-state index in [1.54, 1.807) is 56.5 Å². The summed E-state index contributed by atoms with van der Waals surface area (Å²) in [6, 6.07) is 18.8. The van der Waals surface area contributed by atoms with Crippen molar-refractivity contribution in [3.05, 3.63) is 90.2 Å². The first-order chi connectivity index (χ1) is 19.1. The molecule has 0 aliphatic rings. The molecule has 0 heterocycles. The van der Waals surface area contributed by atoms with Gasteiger partial charge in [0.2, 0.25) is 11.8 Å². The zero-order chi connectivity index (χ0) is 29.3. The molecule has 1 N–H and O–H groups in total. The summed E-state index contributed by atoms with van der Waals surface area (Å²) in [5, 5.41) is 2.89. The molecule has 0 unspecified atom stereocenters. The standard InChI is InChI=1S/C30H36FN3O5S/c1-5-28(30(36)32-19-22(2)3)33(20-23-11-17-26(39-4)18-12-23)29(35)21-34(25-15-13-24(31)14-16-25)40(37,38)27-9-7-6-8-10-27/h6-18,22,28H,5,19-21H2,1-4H3,(H,32,36)/t28-/m0/s1. The van der Waals surface area contributed by atoms with Crippen LogP contribution >= 0.6 is 0 Å². The van der Waals surface area contributed by atoms with Crippen LogP contribution < -0.4 is 14.4 Å². The van der Waals surface area contributed by atoms with E-state index in [1.807, 2.05) is 13.8 Å². The van der Waals surface area contributed by atoms with Crippen LogP contribution in [0.3, 0.4) is 0 Å². The normalized spacial score (nSPS) is 12.1. The van der Waals surface area contributed by atoms with Gasteiger partial charge in [0.05, 0.1) is 17.7 Å². The number of halogens is 1. The van der Waals surface area contributed by atoms with Gasteiger partial charge in [-0.1, -0.05) is 51.1 Å². The summed E-state index contributed by atoms with van der Waals surface area (Å²) in [5.74, 6) is -0.596. The molecule has 0 aromatic heterocycles. The van der Waals surface area contributed by atoms with Crippen molar-refractivity contribution in [2.75, 3.05) is 24.5 Å². The minimum Gasteiger partial charge on any atom is -0.497 e. The lowest BCUT2D eigenvalue weighted by Gasteiger charge is -2.33. The molecule has 0 fully saturated rings. The summed E-state index contributed by atoms with van der Waals surface area (Å²) in [7, 11) is -2.66. The molecule has 3 aromatic carbocycles. The number of amides is 2. The number of ether oxygens (including phenoxy) is 1. The number of methoxy groups -OCH3 is 1. The Hall–Kier alpha value is -3.92. The maximum absolute atomic E-state index is 14.0. The molecule has 0 saturated heterocycles. The van der Waals surface area contributed by atoms with Crippen LogP contribution in [0, 0.1) is 11.7 Å². The minimum absolute atomic E-state index is 0.0180. The van der Waals surface area contributed by atoms with Crippen LogP contribution in [0.5, 0.6) is 5.75 Å². The number of hydrogen-bond donors (Lipinski definition) is 1. The molecule has 1 atom stereocenters. The van der Waals surface area contributed by atoms with E-state index in [0.29, 0.717) is 18.7 Å². The number of carbonyl (C=O) groups is 2. The van der Waals surface area contributed by atoms with E-state index in [1.165, 1.54) is 29.2 Å². The third-order valence-electron chi connectivity index (χ3n) is 6.31. The number of rotatable bonds is 13. The Morgan fingerprint density at radius 1 is 0.950 bits per heavy atom. The Morgan fingerprint density at radius 3 is 2.12 bits per heavy atom. The molecule has 8 nitrogen and oxygen atoms in total. The zero-order valence-electron chi connectivity index (χ0n) is 23.2. The predicted octanol–water partition coefficient (Wildman–Crippen LogP) is 4.61. The molecule has 0 spiro atoms. The van der Waals surface area contributed by atoms with Crippen LogP contribution in [0.2, 0.25) is 0 Å². The second kappa shape index (κ2) is 13.9. The lowest BCUT2D eigenvalue weighted by Crippen LogP contribution is -2.52. The SMILES string of the molecule is CC[C@@H](C(=O)NCC(C)C)N(Cc1ccc(OC)cc1)C(=O)CN(c1ccc(F)cc1)S(=O)(=O)c1ccccc1. The molecule has 0 aliphatic carbocycles. The summed E-state index contributed by atoms with van der Waals surface area (Å²) in [6.45, 7) is 5.65. The van der Waals surface area contributed by atoms with E-state index < -0.39 is 34.3 Å². The lowest BCUT2D eigenvalue weighted by atomic mass is 10.1. The van der Waals surface area contributed by atoms with Gasteiger partial charge in [-0.15, -0.1) is 0 Å². The third-order valence-corrected chi connectivity index (χ3v) is 8.10. The van der Waals surface area contributed by atoms with Crippen LogP contribution in [0.4, 0.5) is 10.1 Å². The summed E-state index contributed by atoms with van der Waals surface area (Å²) in [4.78, 5) is 28.6. The number of carbonyl (C=O) groups excluding carboxylic acids is 2. The fraction of sp³-hybridized carbons (Fsp3) is 0.333. The lowest BCUT2D eigenvalue weighted by molar-refractivity contribution is -0.140.